The maximum atomic E-state index is 14.6. The minimum Gasteiger partial charge on any atom is -0.352 e. The Morgan fingerprint density at radius 1 is 1.24 bits per heavy atom. The summed E-state index contributed by atoms with van der Waals surface area (Å²) in [5.41, 5.74) is 4.01. The van der Waals surface area contributed by atoms with E-state index in [-0.39, 0.29) is 11.4 Å². The summed E-state index contributed by atoms with van der Waals surface area (Å²) in [5, 5.41) is 4.34. The molecule has 1 fully saturated rings. The molecule has 0 unspecified atom stereocenters. The van der Waals surface area contributed by atoms with Gasteiger partial charge in [0.05, 0.1) is 27.1 Å². The van der Waals surface area contributed by atoms with Crippen LogP contribution in [-0.2, 0) is 0 Å². The Morgan fingerprint density at radius 3 is 2.90 bits per heavy atom. The van der Waals surface area contributed by atoms with Gasteiger partial charge in [0.1, 0.15) is 10.6 Å². The molecule has 1 N–H and O–H groups in total. The number of likely N-dealkylation sites (N-methyl/N-ethyl adjacent to an activating group) is 1. The third-order valence-electron chi connectivity index (χ3n) is 6.22. The first-order chi connectivity index (χ1) is 14.0. The van der Waals surface area contributed by atoms with Gasteiger partial charge >= 0.3 is 0 Å². The zero-order valence-corrected chi connectivity index (χ0v) is 18.3. The SMILES string of the molecule is CCN1CC[C@H](c2cc3c(Nc4cc5ncsc5cc4F)ccnc3s2)C1(C)C. The predicted octanol–water partition coefficient (Wildman–Crippen LogP) is 6.38. The van der Waals surface area contributed by atoms with Crippen LogP contribution >= 0.6 is 22.7 Å². The van der Waals surface area contributed by atoms with Crippen molar-refractivity contribution in [2.24, 2.45) is 0 Å². The zero-order valence-electron chi connectivity index (χ0n) is 16.7. The number of nitrogens with one attached hydrogen (secondary N) is 1. The summed E-state index contributed by atoms with van der Waals surface area (Å²) in [7, 11) is 0. The van der Waals surface area contributed by atoms with Gasteiger partial charge in [-0.25, -0.2) is 14.4 Å². The smallest absolute Gasteiger partial charge is 0.148 e. The first kappa shape index (κ1) is 18.9. The predicted molar refractivity (Wildman–Crippen MR) is 121 cm³/mol. The van der Waals surface area contributed by atoms with Gasteiger partial charge in [0.2, 0.25) is 0 Å². The van der Waals surface area contributed by atoms with Gasteiger partial charge in [-0.2, -0.15) is 0 Å². The molecule has 7 heteroatoms. The molecule has 0 spiro atoms. The lowest BCUT2D eigenvalue weighted by Crippen LogP contribution is -2.41. The quantitative estimate of drug-likeness (QED) is 0.411. The second-order valence-corrected chi connectivity index (χ2v) is 10.0. The Morgan fingerprint density at radius 2 is 2.10 bits per heavy atom. The van der Waals surface area contributed by atoms with Crippen LogP contribution in [0.4, 0.5) is 15.8 Å². The summed E-state index contributed by atoms with van der Waals surface area (Å²) in [6.07, 6.45) is 2.95. The number of anilines is 2. The molecule has 4 aromatic rings. The lowest BCUT2D eigenvalue weighted by atomic mass is 9.87. The third-order valence-corrected chi connectivity index (χ3v) is 8.17. The van der Waals surface area contributed by atoms with Crippen LogP contribution in [0.2, 0.25) is 0 Å². The Kier molecular flexibility index (Phi) is 4.57. The average Bonchev–Trinajstić information content (AvgIpc) is 3.38. The van der Waals surface area contributed by atoms with Crippen molar-refractivity contribution in [1.29, 1.82) is 0 Å². The molecular formula is C22H23FN4S2. The number of pyridine rings is 1. The Labute approximate surface area is 177 Å². The van der Waals surface area contributed by atoms with E-state index in [2.05, 4.69) is 47.0 Å². The number of likely N-dealkylation sites (tertiary alicyclic amines) is 1. The molecule has 4 heterocycles. The van der Waals surface area contributed by atoms with E-state index >= 15 is 0 Å². The van der Waals surface area contributed by atoms with Crippen molar-refractivity contribution in [2.45, 2.75) is 38.6 Å². The highest BCUT2D eigenvalue weighted by Gasteiger charge is 2.41. The molecule has 3 aromatic heterocycles. The molecular weight excluding hydrogens is 403 g/mol. The van der Waals surface area contributed by atoms with Gasteiger partial charge in [0.25, 0.3) is 0 Å². The number of nitrogens with zero attached hydrogens (tertiary/aromatic N) is 3. The molecule has 1 aromatic carbocycles. The highest BCUT2D eigenvalue weighted by molar-refractivity contribution is 7.18. The fourth-order valence-corrected chi connectivity index (χ4v) is 6.59. The van der Waals surface area contributed by atoms with Crippen LogP contribution < -0.4 is 5.32 Å². The largest absolute Gasteiger partial charge is 0.352 e. The lowest BCUT2D eigenvalue weighted by Gasteiger charge is -2.35. The summed E-state index contributed by atoms with van der Waals surface area (Å²) in [6, 6.07) is 7.49. The van der Waals surface area contributed by atoms with Crippen molar-refractivity contribution in [2.75, 3.05) is 18.4 Å². The second-order valence-electron chi connectivity index (χ2n) is 8.08. The van der Waals surface area contributed by atoms with Crippen LogP contribution in [-0.4, -0.2) is 33.5 Å². The summed E-state index contributed by atoms with van der Waals surface area (Å²) < 4.78 is 15.5. The third kappa shape index (κ3) is 3.12. The van der Waals surface area contributed by atoms with Crippen molar-refractivity contribution in [1.82, 2.24) is 14.9 Å². The number of thiophene rings is 1. The number of benzene rings is 1. The van der Waals surface area contributed by atoms with Crippen molar-refractivity contribution in [3.05, 3.63) is 46.7 Å². The van der Waals surface area contributed by atoms with E-state index in [1.807, 2.05) is 6.07 Å². The Bertz CT molecular complexity index is 1200. The molecule has 29 heavy (non-hydrogen) atoms. The molecule has 1 aliphatic heterocycles. The molecule has 5 rings (SSSR count). The van der Waals surface area contributed by atoms with E-state index in [1.165, 1.54) is 16.2 Å². The minimum absolute atomic E-state index is 0.130. The highest BCUT2D eigenvalue weighted by atomic mass is 32.1. The first-order valence-corrected chi connectivity index (χ1v) is 11.6. The molecule has 4 nitrogen and oxygen atoms in total. The number of rotatable bonds is 4. The number of hydrogen-bond donors (Lipinski definition) is 1. The Hall–Kier alpha value is -2.09. The number of thiazole rings is 1. The fraction of sp³-hybridized carbons (Fsp3) is 0.364. The van der Waals surface area contributed by atoms with Gasteiger partial charge in [-0.15, -0.1) is 22.7 Å². The maximum absolute atomic E-state index is 14.6. The summed E-state index contributed by atoms with van der Waals surface area (Å²) in [6.45, 7) is 9.09. The van der Waals surface area contributed by atoms with Crippen molar-refractivity contribution in [3.8, 4) is 0 Å². The second kappa shape index (κ2) is 7.00. The molecule has 0 saturated carbocycles. The monoisotopic (exact) mass is 426 g/mol. The maximum Gasteiger partial charge on any atom is 0.148 e. The normalized spacial score (nSPS) is 19.4. The van der Waals surface area contributed by atoms with Crippen LogP contribution in [0.3, 0.4) is 0 Å². The van der Waals surface area contributed by atoms with Crippen LogP contribution in [0.15, 0.2) is 36.0 Å². The molecule has 1 saturated heterocycles. The first-order valence-electron chi connectivity index (χ1n) is 9.90. The van der Waals surface area contributed by atoms with Crippen molar-refractivity contribution < 1.29 is 4.39 Å². The van der Waals surface area contributed by atoms with Gasteiger partial charge in [-0.1, -0.05) is 6.92 Å². The topological polar surface area (TPSA) is 41.0 Å². The molecule has 1 aliphatic rings. The minimum atomic E-state index is -0.266. The fourth-order valence-electron chi connectivity index (χ4n) is 4.56. The van der Waals surface area contributed by atoms with Crippen LogP contribution in [0.1, 0.15) is 38.0 Å². The van der Waals surface area contributed by atoms with Gasteiger partial charge in [-0.05, 0) is 57.6 Å². The van der Waals surface area contributed by atoms with E-state index in [0.29, 0.717) is 11.6 Å². The van der Waals surface area contributed by atoms with E-state index in [4.69, 9.17) is 0 Å². The summed E-state index contributed by atoms with van der Waals surface area (Å²) >= 11 is 3.21. The van der Waals surface area contributed by atoms with Gasteiger partial charge in [-0.3, -0.25) is 4.90 Å². The molecule has 150 valence electrons. The van der Waals surface area contributed by atoms with Crippen molar-refractivity contribution >= 4 is 54.5 Å². The van der Waals surface area contributed by atoms with Gasteiger partial charge in [0, 0.05) is 27.9 Å². The molecule has 0 amide bonds. The standard InChI is InChI=1S/C22H23FN4S2/c1-4-27-8-6-14(22(27,2)3)19-9-13-16(5-7-24-21(13)29-19)26-17-11-18-20(10-15(17)23)28-12-25-18/h5,7,9-12,14H,4,6,8H2,1-3H3,(H,24,26)/t14-/m1/s1. The molecule has 0 aliphatic carbocycles. The average molecular weight is 427 g/mol. The summed E-state index contributed by atoms with van der Waals surface area (Å²) in [4.78, 5) is 13.8. The Balaban J connectivity index is 1.53. The van der Waals surface area contributed by atoms with E-state index in [0.717, 1.165) is 45.6 Å². The lowest BCUT2D eigenvalue weighted by molar-refractivity contribution is 0.171. The molecule has 0 radical (unpaired) electrons. The molecule has 0 bridgehead atoms. The van der Waals surface area contributed by atoms with Crippen LogP contribution in [0, 0.1) is 5.82 Å². The van der Waals surface area contributed by atoms with Crippen molar-refractivity contribution in [3.63, 3.8) is 0 Å². The van der Waals surface area contributed by atoms with Gasteiger partial charge in [0.15, 0.2) is 0 Å². The van der Waals surface area contributed by atoms with E-state index in [1.54, 1.807) is 35.2 Å². The number of fused-ring (bicyclic) bond motifs is 2. The van der Waals surface area contributed by atoms with E-state index < -0.39 is 0 Å². The highest BCUT2D eigenvalue weighted by Crippen LogP contribution is 2.46. The number of aromatic nitrogens is 2. The molecule has 1 atom stereocenters. The van der Waals surface area contributed by atoms with Gasteiger partial charge < -0.3 is 5.32 Å². The zero-order chi connectivity index (χ0) is 20.2. The summed E-state index contributed by atoms with van der Waals surface area (Å²) in [5.74, 6) is 0.218. The van der Waals surface area contributed by atoms with Crippen LogP contribution in [0.5, 0.6) is 0 Å². The number of halogens is 1. The van der Waals surface area contributed by atoms with Crippen LogP contribution in [0.25, 0.3) is 20.4 Å². The van der Waals surface area contributed by atoms with E-state index in [9.17, 15) is 4.39 Å². The number of hydrogen-bond acceptors (Lipinski definition) is 6.